The van der Waals surface area contributed by atoms with Crippen LogP contribution in [0.1, 0.15) is 37.6 Å². The number of thiazole rings is 1. The highest BCUT2D eigenvalue weighted by Gasteiger charge is 2.30. The molecule has 146 valence electrons. The van der Waals surface area contributed by atoms with Gasteiger partial charge in [0.25, 0.3) is 0 Å². The van der Waals surface area contributed by atoms with Crippen LogP contribution in [-0.4, -0.2) is 45.4 Å². The third kappa shape index (κ3) is 4.32. The van der Waals surface area contributed by atoms with Crippen molar-refractivity contribution >= 4 is 11.3 Å². The molecule has 0 saturated carbocycles. The molecule has 0 spiro atoms. The number of likely N-dealkylation sites (N-methyl/N-ethyl adjacent to an activating group) is 1. The molecule has 2 aromatic heterocycles. The van der Waals surface area contributed by atoms with Crippen LogP contribution in [0.3, 0.4) is 0 Å². The first kappa shape index (κ1) is 19.2. The Morgan fingerprint density at radius 3 is 2.75 bits per heavy atom. The van der Waals surface area contributed by atoms with E-state index in [0.29, 0.717) is 12.1 Å². The Balaban J connectivity index is 1.39. The predicted octanol–water partition coefficient (Wildman–Crippen LogP) is 4.86. The third-order valence-corrected chi connectivity index (χ3v) is 6.66. The minimum atomic E-state index is 0.472. The fourth-order valence-electron chi connectivity index (χ4n) is 4.05. The van der Waals surface area contributed by atoms with E-state index in [0.717, 1.165) is 42.6 Å². The van der Waals surface area contributed by atoms with Crippen molar-refractivity contribution in [2.24, 2.45) is 0 Å². The maximum absolute atomic E-state index is 4.84. The van der Waals surface area contributed by atoms with Gasteiger partial charge in [0.2, 0.25) is 0 Å². The average Bonchev–Trinajstić information content (AvgIpc) is 3.43. The zero-order valence-electron chi connectivity index (χ0n) is 16.7. The summed E-state index contributed by atoms with van der Waals surface area (Å²) in [5.41, 5.74) is 3.53. The average molecular weight is 393 g/mol. The molecule has 0 aliphatic carbocycles. The Morgan fingerprint density at radius 1 is 1.18 bits per heavy atom. The van der Waals surface area contributed by atoms with Crippen molar-refractivity contribution in [3.05, 3.63) is 71.4 Å². The van der Waals surface area contributed by atoms with Crippen LogP contribution in [-0.2, 0) is 6.54 Å². The molecule has 0 radical (unpaired) electrons. The second-order valence-corrected chi connectivity index (χ2v) is 8.30. The molecule has 3 aromatic rings. The van der Waals surface area contributed by atoms with E-state index >= 15 is 0 Å². The molecule has 1 fully saturated rings. The SMILES string of the molecule is CCN(Cc1csc(-c2ccccn2)n1)C1CCN(C(C)c2ccccc2)C1. The van der Waals surface area contributed by atoms with Crippen LogP contribution in [0.5, 0.6) is 0 Å². The molecule has 4 nitrogen and oxygen atoms in total. The molecule has 2 atom stereocenters. The zero-order chi connectivity index (χ0) is 19.3. The summed E-state index contributed by atoms with van der Waals surface area (Å²) >= 11 is 1.69. The van der Waals surface area contributed by atoms with Crippen molar-refractivity contribution in [1.29, 1.82) is 0 Å². The van der Waals surface area contributed by atoms with E-state index in [1.807, 2.05) is 24.4 Å². The Hall–Kier alpha value is -2.08. The first-order chi connectivity index (χ1) is 13.7. The molecule has 2 unspecified atom stereocenters. The van der Waals surface area contributed by atoms with E-state index in [9.17, 15) is 0 Å². The molecule has 1 aromatic carbocycles. The molecule has 5 heteroatoms. The quantitative estimate of drug-likeness (QED) is 0.575. The number of likely N-dealkylation sites (tertiary alicyclic amines) is 1. The van der Waals surface area contributed by atoms with Crippen molar-refractivity contribution in [1.82, 2.24) is 19.8 Å². The topological polar surface area (TPSA) is 32.3 Å². The maximum Gasteiger partial charge on any atom is 0.142 e. The molecule has 1 saturated heterocycles. The fraction of sp³-hybridized carbons (Fsp3) is 0.391. The molecule has 28 heavy (non-hydrogen) atoms. The minimum absolute atomic E-state index is 0.472. The number of rotatable bonds is 7. The standard InChI is InChI=1S/C23H28N4S/c1-3-26(15-20-17-28-23(25-20)22-11-7-8-13-24-22)21-12-14-27(16-21)18(2)19-9-5-4-6-10-19/h4-11,13,17-18,21H,3,12,14-16H2,1-2H3. The van der Waals surface area contributed by atoms with Crippen molar-refractivity contribution in [2.45, 2.75) is 38.9 Å². The van der Waals surface area contributed by atoms with Gasteiger partial charge in [0.1, 0.15) is 5.01 Å². The maximum atomic E-state index is 4.84. The van der Waals surface area contributed by atoms with Gasteiger partial charge in [-0.2, -0.15) is 0 Å². The van der Waals surface area contributed by atoms with Gasteiger partial charge < -0.3 is 0 Å². The summed E-state index contributed by atoms with van der Waals surface area (Å²) in [5, 5.41) is 3.20. The second kappa shape index (κ2) is 8.95. The third-order valence-electron chi connectivity index (χ3n) is 5.75. The highest BCUT2D eigenvalue weighted by atomic mass is 32.1. The number of hydrogen-bond acceptors (Lipinski definition) is 5. The second-order valence-electron chi connectivity index (χ2n) is 7.45. The van der Waals surface area contributed by atoms with Gasteiger partial charge >= 0.3 is 0 Å². The van der Waals surface area contributed by atoms with Crippen LogP contribution in [0, 0.1) is 0 Å². The minimum Gasteiger partial charge on any atom is -0.295 e. The van der Waals surface area contributed by atoms with Gasteiger partial charge in [-0.1, -0.05) is 43.3 Å². The highest BCUT2D eigenvalue weighted by Crippen LogP contribution is 2.28. The van der Waals surface area contributed by atoms with Gasteiger partial charge in [0, 0.05) is 43.3 Å². The summed E-state index contributed by atoms with van der Waals surface area (Å²) in [7, 11) is 0. The lowest BCUT2D eigenvalue weighted by atomic mass is 10.1. The summed E-state index contributed by atoms with van der Waals surface area (Å²) in [5.74, 6) is 0. The lowest BCUT2D eigenvalue weighted by Crippen LogP contribution is -2.37. The van der Waals surface area contributed by atoms with E-state index in [4.69, 9.17) is 4.98 Å². The summed E-state index contributed by atoms with van der Waals surface area (Å²) in [6, 6.07) is 17.9. The lowest BCUT2D eigenvalue weighted by Gasteiger charge is -2.29. The first-order valence-corrected chi connectivity index (χ1v) is 11.0. The molecule has 4 rings (SSSR count). The van der Waals surface area contributed by atoms with Crippen LogP contribution >= 0.6 is 11.3 Å². The van der Waals surface area contributed by atoms with E-state index in [2.05, 4.69) is 64.3 Å². The molecule has 3 heterocycles. The van der Waals surface area contributed by atoms with Crippen molar-refractivity contribution in [3.63, 3.8) is 0 Å². The van der Waals surface area contributed by atoms with E-state index in [1.165, 1.54) is 12.0 Å². The Morgan fingerprint density at radius 2 is 2.00 bits per heavy atom. The van der Waals surface area contributed by atoms with E-state index < -0.39 is 0 Å². The molecule has 0 bridgehead atoms. The lowest BCUT2D eigenvalue weighted by molar-refractivity contribution is 0.178. The Labute approximate surface area is 171 Å². The largest absolute Gasteiger partial charge is 0.295 e. The first-order valence-electron chi connectivity index (χ1n) is 10.1. The monoisotopic (exact) mass is 392 g/mol. The molecule has 0 N–H and O–H groups in total. The van der Waals surface area contributed by atoms with Gasteiger partial charge in [-0.25, -0.2) is 4.98 Å². The number of pyridine rings is 1. The summed E-state index contributed by atoms with van der Waals surface area (Å²) in [6.45, 7) is 8.84. The number of benzene rings is 1. The zero-order valence-corrected chi connectivity index (χ0v) is 17.5. The molecule has 1 aliphatic heterocycles. The van der Waals surface area contributed by atoms with Crippen molar-refractivity contribution < 1.29 is 0 Å². The normalized spacial score (nSPS) is 18.6. The number of hydrogen-bond donors (Lipinski definition) is 0. The fourth-order valence-corrected chi connectivity index (χ4v) is 4.84. The van der Waals surface area contributed by atoms with Crippen LogP contribution < -0.4 is 0 Å². The van der Waals surface area contributed by atoms with Crippen molar-refractivity contribution in [3.8, 4) is 10.7 Å². The van der Waals surface area contributed by atoms with Crippen LogP contribution in [0.15, 0.2) is 60.1 Å². The number of aromatic nitrogens is 2. The number of nitrogens with zero attached hydrogens (tertiary/aromatic N) is 4. The molecule has 0 amide bonds. The molecular weight excluding hydrogens is 364 g/mol. The van der Waals surface area contributed by atoms with Gasteiger partial charge in [0.05, 0.1) is 11.4 Å². The molecular formula is C23H28N4S. The molecule has 1 aliphatic rings. The van der Waals surface area contributed by atoms with Crippen LogP contribution in [0.25, 0.3) is 10.7 Å². The Kier molecular flexibility index (Phi) is 6.15. The van der Waals surface area contributed by atoms with Gasteiger partial charge in [-0.3, -0.25) is 14.8 Å². The Bertz CT molecular complexity index is 865. The van der Waals surface area contributed by atoms with Crippen molar-refractivity contribution in [2.75, 3.05) is 19.6 Å². The smallest absolute Gasteiger partial charge is 0.142 e. The van der Waals surface area contributed by atoms with Gasteiger partial charge in [-0.15, -0.1) is 11.3 Å². The van der Waals surface area contributed by atoms with Gasteiger partial charge in [0.15, 0.2) is 0 Å². The van der Waals surface area contributed by atoms with Gasteiger partial charge in [-0.05, 0) is 37.6 Å². The summed E-state index contributed by atoms with van der Waals surface area (Å²) in [6.07, 6.45) is 3.05. The van der Waals surface area contributed by atoms with E-state index in [1.54, 1.807) is 11.3 Å². The summed E-state index contributed by atoms with van der Waals surface area (Å²) in [4.78, 5) is 14.5. The summed E-state index contributed by atoms with van der Waals surface area (Å²) < 4.78 is 0. The predicted molar refractivity (Wildman–Crippen MR) is 116 cm³/mol. The van der Waals surface area contributed by atoms with Crippen LogP contribution in [0.4, 0.5) is 0 Å². The van der Waals surface area contributed by atoms with E-state index in [-0.39, 0.29) is 0 Å². The van der Waals surface area contributed by atoms with Crippen LogP contribution in [0.2, 0.25) is 0 Å². The highest BCUT2D eigenvalue weighted by molar-refractivity contribution is 7.13.